The normalized spacial score (nSPS) is 15.0. The van der Waals surface area contributed by atoms with Gasteiger partial charge < -0.3 is 9.64 Å². The number of nitrogens with zero attached hydrogens (tertiary/aromatic N) is 2. The summed E-state index contributed by atoms with van der Waals surface area (Å²) in [4.78, 5) is 17.5. The van der Waals surface area contributed by atoms with Crippen molar-refractivity contribution >= 4 is 5.91 Å². The molecular weight excluding hydrogens is 309 g/mol. The van der Waals surface area contributed by atoms with Gasteiger partial charge in [0.1, 0.15) is 11.4 Å². The quantitative estimate of drug-likeness (QED) is 0.810. The number of likely N-dealkylation sites (N-methyl/N-ethyl adjacent to an activating group) is 1. The van der Waals surface area contributed by atoms with Gasteiger partial charge in [-0.3, -0.25) is 4.79 Å². The first kappa shape index (κ1) is 15.3. The van der Waals surface area contributed by atoms with Crippen molar-refractivity contribution < 1.29 is 22.7 Å². The Bertz CT molecular complexity index is 759. The van der Waals surface area contributed by atoms with Crippen LogP contribution in [-0.2, 0) is 17.5 Å². The summed E-state index contributed by atoms with van der Waals surface area (Å²) < 4.78 is 43.8. The van der Waals surface area contributed by atoms with Gasteiger partial charge in [-0.05, 0) is 24.3 Å². The summed E-state index contributed by atoms with van der Waals surface area (Å²) in [6.07, 6.45) is -4.41. The van der Waals surface area contributed by atoms with Crippen molar-refractivity contribution in [2.45, 2.75) is 12.7 Å². The number of hydrogen-bond acceptors (Lipinski definition) is 3. The molecule has 0 fully saturated rings. The smallest absolute Gasteiger partial charge is 0.416 e. The molecule has 0 radical (unpaired) electrons. The van der Waals surface area contributed by atoms with Gasteiger partial charge in [-0.1, -0.05) is 12.1 Å². The number of ether oxygens (including phenoxy) is 1. The fourth-order valence-electron chi connectivity index (χ4n) is 2.31. The third-order valence-electron chi connectivity index (χ3n) is 3.58. The van der Waals surface area contributed by atoms with Gasteiger partial charge in [-0.25, -0.2) is 4.98 Å². The number of halogens is 3. The van der Waals surface area contributed by atoms with Crippen LogP contribution in [0.2, 0.25) is 0 Å². The number of carbonyl (C=O) groups excluding carboxylic acids is 1. The first-order valence-corrected chi connectivity index (χ1v) is 6.89. The maximum atomic E-state index is 12.8. The Hall–Kier alpha value is -2.57. The largest absolute Gasteiger partial charge is 0.482 e. The molecule has 0 bridgehead atoms. The number of carbonyl (C=O) groups is 1. The minimum Gasteiger partial charge on any atom is -0.482 e. The molecule has 0 saturated heterocycles. The number of amides is 1. The number of aromatic nitrogens is 1. The number of fused-ring (bicyclic) bond motifs is 1. The predicted octanol–water partition coefficient (Wildman–Crippen LogP) is 3.12. The number of benzene rings is 1. The summed E-state index contributed by atoms with van der Waals surface area (Å²) >= 11 is 0. The Morgan fingerprint density at radius 1 is 1.22 bits per heavy atom. The third-order valence-corrected chi connectivity index (χ3v) is 3.58. The van der Waals surface area contributed by atoms with E-state index in [1.165, 1.54) is 11.0 Å². The van der Waals surface area contributed by atoms with E-state index in [1.54, 1.807) is 25.2 Å². The molecule has 0 saturated carbocycles. The lowest BCUT2D eigenvalue weighted by molar-refractivity contribution is -0.137. The zero-order chi connectivity index (χ0) is 16.6. The van der Waals surface area contributed by atoms with Crippen molar-refractivity contribution in [3.05, 3.63) is 47.7 Å². The molecular formula is C16H13F3N2O2. The van der Waals surface area contributed by atoms with Gasteiger partial charge in [0, 0.05) is 12.6 Å². The standard InChI is InChI=1S/C16H13F3N2O2/c1-21-8-13-14(23-9-15(21)22)6-5-12(20-13)10-3-2-4-11(7-10)16(17,18)19/h2-7H,8-9H2,1H3. The highest BCUT2D eigenvalue weighted by Gasteiger charge is 2.30. The maximum Gasteiger partial charge on any atom is 0.416 e. The lowest BCUT2D eigenvalue weighted by atomic mass is 10.1. The second kappa shape index (κ2) is 5.57. The van der Waals surface area contributed by atoms with Gasteiger partial charge in [0.2, 0.25) is 0 Å². The van der Waals surface area contributed by atoms with Crippen molar-refractivity contribution in [2.75, 3.05) is 13.7 Å². The summed E-state index contributed by atoms with van der Waals surface area (Å²) in [6.45, 7) is 0.176. The summed E-state index contributed by atoms with van der Waals surface area (Å²) in [5.41, 5.74) is 0.561. The molecule has 2 heterocycles. The topological polar surface area (TPSA) is 42.4 Å². The molecule has 120 valence electrons. The summed E-state index contributed by atoms with van der Waals surface area (Å²) in [7, 11) is 1.62. The molecule has 1 aliphatic heterocycles. The molecule has 1 aromatic carbocycles. The molecule has 4 nitrogen and oxygen atoms in total. The highest BCUT2D eigenvalue weighted by atomic mass is 19.4. The van der Waals surface area contributed by atoms with E-state index < -0.39 is 11.7 Å². The Morgan fingerprint density at radius 3 is 2.74 bits per heavy atom. The van der Waals surface area contributed by atoms with E-state index in [0.29, 0.717) is 22.7 Å². The average molecular weight is 322 g/mol. The van der Waals surface area contributed by atoms with E-state index in [-0.39, 0.29) is 19.1 Å². The molecule has 2 aromatic rings. The van der Waals surface area contributed by atoms with Crippen molar-refractivity contribution in [3.8, 4) is 17.0 Å². The van der Waals surface area contributed by atoms with Crippen LogP contribution in [0.1, 0.15) is 11.3 Å². The van der Waals surface area contributed by atoms with Crippen molar-refractivity contribution in [2.24, 2.45) is 0 Å². The Morgan fingerprint density at radius 2 is 2.00 bits per heavy atom. The monoisotopic (exact) mass is 322 g/mol. The van der Waals surface area contributed by atoms with Crippen LogP contribution in [0.4, 0.5) is 13.2 Å². The minimum absolute atomic E-state index is 0.0753. The third kappa shape index (κ3) is 3.13. The highest BCUT2D eigenvalue weighted by Crippen LogP contribution is 2.32. The Kier molecular flexibility index (Phi) is 3.71. The SMILES string of the molecule is CN1Cc2nc(-c3cccc(C(F)(F)F)c3)ccc2OCC1=O. The molecule has 1 aliphatic rings. The van der Waals surface area contributed by atoms with Gasteiger partial charge in [-0.2, -0.15) is 13.2 Å². The molecule has 1 amide bonds. The van der Waals surface area contributed by atoms with E-state index in [2.05, 4.69) is 4.98 Å². The summed E-state index contributed by atoms with van der Waals surface area (Å²) in [5, 5.41) is 0. The number of alkyl halides is 3. The van der Waals surface area contributed by atoms with Crippen molar-refractivity contribution in [1.29, 1.82) is 0 Å². The lowest BCUT2D eigenvalue weighted by Gasteiger charge is -2.13. The highest BCUT2D eigenvalue weighted by molar-refractivity contribution is 5.78. The van der Waals surface area contributed by atoms with Gasteiger partial charge in [0.15, 0.2) is 6.61 Å². The maximum absolute atomic E-state index is 12.8. The first-order valence-electron chi connectivity index (χ1n) is 6.89. The number of pyridine rings is 1. The van der Waals surface area contributed by atoms with Crippen LogP contribution < -0.4 is 4.74 Å². The Labute approximate surface area is 130 Å². The van der Waals surface area contributed by atoms with Crippen molar-refractivity contribution in [1.82, 2.24) is 9.88 Å². The van der Waals surface area contributed by atoms with Gasteiger partial charge in [0.25, 0.3) is 5.91 Å². The zero-order valence-electron chi connectivity index (χ0n) is 12.2. The predicted molar refractivity (Wildman–Crippen MR) is 76.6 cm³/mol. The fraction of sp³-hybridized carbons (Fsp3) is 0.250. The molecule has 23 heavy (non-hydrogen) atoms. The van der Waals surface area contributed by atoms with Crippen LogP contribution in [-0.4, -0.2) is 29.4 Å². The minimum atomic E-state index is -4.41. The van der Waals surface area contributed by atoms with Crippen LogP contribution in [0.15, 0.2) is 36.4 Å². The van der Waals surface area contributed by atoms with Crippen LogP contribution >= 0.6 is 0 Å². The van der Waals surface area contributed by atoms with Crippen LogP contribution in [0.25, 0.3) is 11.3 Å². The molecule has 0 aliphatic carbocycles. The van der Waals surface area contributed by atoms with E-state index in [4.69, 9.17) is 4.74 Å². The molecule has 0 atom stereocenters. The van der Waals surface area contributed by atoms with Gasteiger partial charge in [-0.15, -0.1) is 0 Å². The number of hydrogen-bond donors (Lipinski definition) is 0. The van der Waals surface area contributed by atoms with Crippen LogP contribution in [0.3, 0.4) is 0 Å². The van der Waals surface area contributed by atoms with E-state index in [1.807, 2.05) is 0 Å². The van der Waals surface area contributed by atoms with Gasteiger partial charge in [0.05, 0.1) is 17.8 Å². The van der Waals surface area contributed by atoms with E-state index >= 15 is 0 Å². The molecule has 0 spiro atoms. The van der Waals surface area contributed by atoms with Crippen LogP contribution in [0.5, 0.6) is 5.75 Å². The Balaban J connectivity index is 2.00. The van der Waals surface area contributed by atoms with Crippen LogP contribution in [0, 0.1) is 0 Å². The second-order valence-electron chi connectivity index (χ2n) is 5.26. The molecule has 0 N–H and O–H groups in total. The fourth-order valence-corrected chi connectivity index (χ4v) is 2.31. The molecule has 3 rings (SSSR count). The van der Waals surface area contributed by atoms with E-state index in [0.717, 1.165) is 12.1 Å². The molecule has 7 heteroatoms. The molecule has 1 aromatic heterocycles. The zero-order valence-corrected chi connectivity index (χ0v) is 12.2. The molecule has 0 unspecified atom stereocenters. The van der Waals surface area contributed by atoms with Crippen molar-refractivity contribution in [3.63, 3.8) is 0 Å². The van der Waals surface area contributed by atoms with E-state index in [9.17, 15) is 18.0 Å². The summed E-state index contributed by atoms with van der Waals surface area (Å²) in [6, 6.07) is 8.20. The summed E-state index contributed by atoms with van der Waals surface area (Å²) in [5.74, 6) is 0.294. The number of rotatable bonds is 1. The first-order chi connectivity index (χ1) is 10.8. The van der Waals surface area contributed by atoms with Gasteiger partial charge >= 0.3 is 6.18 Å². The average Bonchev–Trinajstić information content (AvgIpc) is 2.65. The second-order valence-corrected chi connectivity index (χ2v) is 5.26. The lowest BCUT2D eigenvalue weighted by Crippen LogP contribution is -2.28.